The quantitative estimate of drug-likeness (QED) is 0.793. The van der Waals surface area contributed by atoms with Gasteiger partial charge >= 0.3 is 0 Å². The summed E-state index contributed by atoms with van der Waals surface area (Å²) < 4.78 is 6.06. The van der Waals surface area contributed by atoms with E-state index in [1.807, 2.05) is 24.4 Å². The monoisotopic (exact) mass is 278 g/mol. The van der Waals surface area contributed by atoms with Gasteiger partial charge in [-0.25, -0.2) is 0 Å². The summed E-state index contributed by atoms with van der Waals surface area (Å²) in [5.41, 5.74) is 3.73. The number of benzene rings is 1. The van der Waals surface area contributed by atoms with E-state index in [1.165, 1.54) is 5.56 Å². The van der Waals surface area contributed by atoms with E-state index in [0.717, 1.165) is 23.4 Å². The number of ether oxygens (including phenoxy) is 1. The van der Waals surface area contributed by atoms with Gasteiger partial charge in [-0.2, -0.15) is 5.26 Å². The number of hydrogen-bond acceptors (Lipinski definition) is 3. The Hall–Kier alpha value is -2.34. The molecule has 1 atom stereocenters. The second kappa shape index (κ2) is 4.89. The summed E-state index contributed by atoms with van der Waals surface area (Å²) >= 11 is 0. The van der Waals surface area contributed by atoms with Gasteiger partial charge in [-0.1, -0.05) is 0 Å². The molecule has 1 unspecified atom stereocenters. The number of aromatic nitrogens is 1. The standard InChI is InChI=1S/C18H18N2O/c1-12-6-7-20-16(8-12)15-10-18(2,3)21-17-5-4-13(11-19)9-14(15)17/h4-9,15H,10H2,1-3H3. The van der Waals surface area contributed by atoms with Crippen molar-refractivity contribution in [3.8, 4) is 11.8 Å². The molecule has 21 heavy (non-hydrogen) atoms. The van der Waals surface area contributed by atoms with E-state index in [1.54, 1.807) is 6.07 Å². The summed E-state index contributed by atoms with van der Waals surface area (Å²) in [6, 6.07) is 12.0. The van der Waals surface area contributed by atoms with Gasteiger partial charge in [0.05, 0.1) is 11.6 Å². The summed E-state index contributed by atoms with van der Waals surface area (Å²) in [5.74, 6) is 1.02. The number of rotatable bonds is 1. The normalized spacial score (nSPS) is 19.2. The number of nitriles is 1. The Morgan fingerprint density at radius 2 is 2.10 bits per heavy atom. The van der Waals surface area contributed by atoms with Crippen LogP contribution in [0.5, 0.6) is 5.75 Å². The molecule has 0 saturated carbocycles. The van der Waals surface area contributed by atoms with Crippen LogP contribution >= 0.6 is 0 Å². The number of pyridine rings is 1. The van der Waals surface area contributed by atoms with E-state index >= 15 is 0 Å². The highest BCUT2D eigenvalue weighted by Crippen LogP contribution is 2.43. The van der Waals surface area contributed by atoms with Crippen LogP contribution in [-0.2, 0) is 0 Å². The average molecular weight is 278 g/mol. The van der Waals surface area contributed by atoms with Crippen molar-refractivity contribution in [2.75, 3.05) is 0 Å². The minimum absolute atomic E-state index is 0.164. The third kappa shape index (κ3) is 2.62. The predicted octanol–water partition coefficient (Wildman–Crippen LogP) is 3.95. The highest BCUT2D eigenvalue weighted by atomic mass is 16.5. The third-order valence-electron chi connectivity index (χ3n) is 3.89. The molecule has 0 spiro atoms. The summed E-state index contributed by atoms with van der Waals surface area (Å²) in [6.45, 7) is 6.26. The Morgan fingerprint density at radius 3 is 2.81 bits per heavy atom. The van der Waals surface area contributed by atoms with Gasteiger partial charge in [0, 0.05) is 23.4 Å². The fourth-order valence-electron chi connectivity index (χ4n) is 2.94. The van der Waals surface area contributed by atoms with Gasteiger partial charge in [0.25, 0.3) is 0 Å². The second-order valence-electron chi connectivity index (χ2n) is 6.24. The van der Waals surface area contributed by atoms with Crippen LogP contribution in [0.2, 0.25) is 0 Å². The maximum atomic E-state index is 9.14. The topological polar surface area (TPSA) is 45.9 Å². The van der Waals surface area contributed by atoms with Crippen LogP contribution < -0.4 is 4.74 Å². The summed E-state index contributed by atoms with van der Waals surface area (Å²) in [7, 11) is 0. The maximum Gasteiger partial charge on any atom is 0.124 e. The van der Waals surface area contributed by atoms with Gasteiger partial charge in [0.1, 0.15) is 11.4 Å². The fraction of sp³-hybridized carbons (Fsp3) is 0.333. The van der Waals surface area contributed by atoms with Crippen molar-refractivity contribution in [2.24, 2.45) is 0 Å². The first-order valence-corrected chi connectivity index (χ1v) is 7.14. The van der Waals surface area contributed by atoms with Crippen LogP contribution in [0.25, 0.3) is 0 Å². The Morgan fingerprint density at radius 1 is 1.29 bits per heavy atom. The molecule has 3 nitrogen and oxygen atoms in total. The zero-order valence-corrected chi connectivity index (χ0v) is 12.6. The van der Waals surface area contributed by atoms with Crippen molar-refractivity contribution >= 4 is 0 Å². The van der Waals surface area contributed by atoms with Crippen molar-refractivity contribution in [3.63, 3.8) is 0 Å². The van der Waals surface area contributed by atoms with Crippen LogP contribution in [0.3, 0.4) is 0 Å². The van der Waals surface area contributed by atoms with Crippen molar-refractivity contribution in [3.05, 3.63) is 58.9 Å². The molecule has 0 aliphatic carbocycles. The van der Waals surface area contributed by atoms with E-state index < -0.39 is 0 Å². The summed E-state index contributed by atoms with van der Waals surface area (Å²) in [6.07, 6.45) is 2.70. The lowest BCUT2D eigenvalue weighted by atomic mass is 9.81. The fourth-order valence-corrected chi connectivity index (χ4v) is 2.94. The zero-order chi connectivity index (χ0) is 15.0. The molecule has 106 valence electrons. The Labute approximate surface area is 125 Å². The minimum atomic E-state index is -0.239. The number of fused-ring (bicyclic) bond motifs is 1. The molecular formula is C18H18N2O. The van der Waals surface area contributed by atoms with Gasteiger partial charge in [-0.05, 0) is 63.1 Å². The Balaban J connectivity index is 2.15. The van der Waals surface area contributed by atoms with Crippen LogP contribution in [-0.4, -0.2) is 10.6 Å². The van der Waals surface area contributed by atoms with E-state index in [0.29, 0.717) is 5.56 Å². The molecule has 1 aliphatic heterocycles. The first kappa shape index (κ1) is 13.6. The first-order valence-electron chi connectivity index (χ1n) is 7.14. The van der Waals surface area contributed by atoms with E-state index in [-0.39, 0.29) is 11.5 Å². The van der Waals surface area contributed by atoms with Crippen LogP contribution in [0.1, 0.15) is 48.6 Å². The van der Waals surface area contributed by atoms with Gasteiger partial charge in [-0.15, -0.1) is 0 Å². The maximum absolute atomic E-state index is 9.14. The SMILES string of the molecule is Cc1ccnc(C2CC(C)(C)Oc3ccc(C#N)cc32)c1. The molecular weight excluding hydrogens is 260 g/mol. The van der Waals surface area contributed by atoms with Gasteiger partial charge in [-0.3, -0.25) is 4.98 Å². The number of aryl methyl sites for hydroxylation is 1. The van der Waals surface area contributed by atoms with E-state index in [9.17, 15) is 0 Å². The molecule has 0 N–H and O–H groups in total. The third-order valence-corrected chi connectivity index (χ3v) is 3.89. The molecule has 0 fully saturated rings. The van der Waals surface area contributed by atoms with Crippen LogP contribution in [0.15, 0.2) is 36.5 Å². The molecule has 1 aliphatic rings. The lowest BCUT2D eigenvalue weighted by Gasteiger charge is -2.37. The lowest BCUT2D eigenvalue weighted by molar-refractivity contribution is 0.0769. The molecule has 0 saturated heterocycles. The smallest absolute Gasteiger partial charge is 0.124 e. The molecule has 1 aromatic heterocycles. The number of hydrogen-bond donors (Lipinski definition) is 0. The Bertz CT molecular complexity index is 728. The first-order chi connectivity index (χ1) is 9.98. The molecule has 0 amide bonds. The van der Waals surface area contributed by atoms with Gasteiger partial charge in [0.2, 0.25) is 0 Å². The highest BCUT2D eigenvalue weighted by Gasteiger charge is 2.35. The lowest BCUT2D eigenvalue weighted by Crippen LogP contribution is -2.35. The van der Waals surface area contributed by atoms with Crippen molar-refractivity contribution < 1.29 is 4.74 Å². The van der Waals surface area contributed by atoms with E-state index in [4.69, 9.17) is 10.00 Å². The van der Waals surface area contributed by atoms with E-state index in [2.05, 4.69) is 37.9 Å². The van der Waals surface area contributed by atoms with Crippen molar-refractivity contribution in [2.45, 2.75) is 38.7 Å². The molecule has 2 heterocycles. The molecule has 3 heteroatoms. The van der Waals surface area contributed by atoms with Gasteiger partial charge in [0.15, 0.2) is 0 Å². The summed E-state index contributed by atoms with van der Waals surface area (Å²) in [5, 5.41) is 9.14. The largest absolute Gasteiger partial charge is 0.488 e. The molecule has 2 aromatic rings. The second-order valence-corrected chi connectivity index (χ2v) is 6.24. The summed E-state index contributed by atoms with van der Waals surface area (Å²) in [4.78, 5) is 4.54. The minimum Gasteiger partial charge on any atom is -0.488 e. The van der Waals surface area contributed by atoms with Crippen molar-refractivity contribution in [1.29, 1.82) is 5.26 Å². The predicted molar refractivity (Wildman–Crippen MR) is 81.3 cm³/mol. The average Bonchev–Trinajstić information content (AvgIpc) is 2.45. The molecule has 0 radical (unpaired) electrons. The zero-order valence-electron chi connectivity index (χ0n) is 12.6. The molecule has 3 rings (SSSR count). The van der Waals surface area contributed by atoms with Crippen molar-refractivity contribution in [1.82, 2.24) is 4.98 Å². The molecule has 0 bridgehead atoms. The highest BCUT2D eigenvalue weighted by molar-refractivity contribution is 5.48. The van der Waals surface area contributed by atoms with Gasteiger partial charge < -0.3 is 4.74 Å². The molecule has 1 aromatic carbocycles. The van der Waals surface area contributed by atoms with Crippen LogP contribution in [0.4, 0.5) is 0 Å². The van der Waals surface area contributed by atoms with Crippen LogP contribution in [0, 0.1) is 18.3 Å². The number of nitrogens with zero attached hydrogens (tertiary/aromatic N) is 2. The Kier molecular flexibility index (Phi) is 3.17.